The zero-order chi connectivity index (χ0) is 11.6. The van der Waals surface area contributed by atoms with Gasteiger partial charge in [-0.15, -0.1) is 0 Å². The molecule has 15 heavy (non-hydrogen) atoms. The van der Waals surface area contributed by atoms with Gasteiger partial charge in [-0.05, 0) is 0 Å². The molecule has 5 N–H and O–H groups in total. The third-order valence-electron chi connectivity index (χ3n) is 2.33. The molecular formula is C8H15NO6. The monoisotopic (exact) mass is 221 g/mol. The minimum atomic E-state index is -2.17. The molecule has 0 aromatic heterocycles. The van der Waals surface area contributed by atoms with Crippen molar-refractivity contribution in [2.45, 2.75) is 31.0 Å². The van der Waals surface area contributed by atoms with Crippen molar-refractivity contribution in [1.29, 1.82) is 0 Å². The second kappa shape index (κ2) is 4.42. The van der Waals surface area contributed by atoms with Crippen molar-refractivity contribution in [1.82, 2.24) is 5.32 Å². The van der Waals surface area contributed by atoms with Gasteiger partial charge in [-0.25, -0.2) is 0 Å². The lowest BCUT2D eigenvalue weighted by Crippen LogP contribution is -2.66. The molecule has 0 aliphatic carbocycles. The van der Waals surface area contributed by atoms with Crippen molar-refractivity contribution in [3.63, 3.8) is 0 Å². The molecule has 0 saturated carbocycles. The van der Waals surface area contributed by atoms with Crippen LogP contribution in [0.3, 0.4) is 0 Å². The fourth-order valence-corrected chi connectivity index (χ4v) is 1.43. The Morgan fingerprint density at radius 2 is 2.20 bits per heavy atom. The third kappa shape index (κ3) is 2.44. The van der Waals surface area contributed by atoms with Crippen molar-refractivity contribution >= 4 is 5.91 Å². The molecule has 4 atom stereocenters. The van der Waals surface area contributed by atoms with Crippen LogP contribution in [0.5, 0.6) is 0 Å². The molecular weight excluding hydrogens is 206 g/mol. The Bertz CT molecular complexity index is 247. The van der Waals surface area contributed by atoms with E-state index in [1.54, 1.807) is 0 Å². The molecule has 0 unspecified atom stereocenters. The van der Waals surface area contributed by atoms with Gasteiger partial charge in [0, 0.05) is 6.92 Å². The topological polar surface area (TPSA) is 119 Å². The average molecular weight is 221 g/mol. The summed E-state index contributed by atoms with van der Waals surface area (Å²) in [4.78, 5) is 10.7. The molecule has 0 aromatic rings. The number of hydrogen-bond acceptors (Lipinski definition) is 6. The van der Waals surface area contributed by atoms with Crippen LogP contribution in [0.25, 0.3) is 0 Å². The lowest BCUT2D eigenvalue weighted by Gasteiger charge is -2.42. The first kappa shape index (κ1) is 12.3. The number of ether oxygens (including phenoxy) is 1. The summed E-state index contributed by atoms with van der Waals surface area (Å²) in [7, 11) is 0. The molecule has 0 spiro atoms. The fourth-order valence-electron chi connectivity index (χ4n) is 1.43. The molecule has 0 bridgehead atoms. The highest BCUT2D eigenvalue weighted by Crippen LogP contribution is 2.23. The first-order valence-electron chi connectivity index (χ1n) is 4.51. The molecule has 1 aliphatic rings. The standard InChI is InChI=1S/C8H15NO6/c1-4(11)9-5-2-15-8(14,3-10)7(13)6(5)12/h5-7,10,12-14H,2-3H2,1H3,(H,9,11)/t5-,6+,7-,8-/m0/s1. The number of hydrogen-bond donors (Lipinski definition) is 5. The highest BCUT2D eigenvalue weighted by Gasteiger charge is 2.48. The van der Waals surface area contributed by atoms with E-state index in [0.717, 1.165) is 0 Å². The number of amides is 1. The van der Waals surface area contributed by atoms with E-state index in [1.807, 2.05) is 0 Å². The molecule has 7 nitrogen and oxygen atoms in total. The second-order valence-corrected chi connectivity index (χ2v) is 3.56. The summed E-state index contributed by atoms with van der Waals surface area (Å²) in [5, 5.41) is 39.6. The van der Waals surface area contributed by atoms with Gasteiger partial charge in [-0.2, -0.15) is 0 Å². The van der Waals surface area contributed by atoms with Crippen LogP contribution >= 0.6 is 0 Å². The van der Waals surface area contributed by atoms with Crippen LogP contribution in [0, 0.1) is 0 Å². The smallest absolute Gasteiger partial charge is 0.218 e. The van der Waals surface area contributed by atoms with E-state index in [1.165, 1.54) is 6.92 Å². The molecule has 1 heterocycles. The van der Waals surface area contributed by atoms with Crippen molar-refractivity contribution < 1.29 is 30.0 Å². The predicted octanol–water partition coefficient (Wildman–Crippen LogP) is -3.08. The third-order valence-corrected chi connectivity index (χ3v) is 2.33. The average Bonchev–Trinajstić information content (AvgIpc) is 2.19. The van der Waals surface area contributed by atoms with E-state index in [0.29, 0.717) is 0 Å². The maximum absolute atomic E-state index is 10.7. The van der Waals surface area contributed by atoms with E-state index in [-0.39, 0.29) is 12.5 Å². The normalized spacial score (nSPS) is 41.3. The van der Waals surface area contributed by atoms with E-state index in [9.17, 15) is 20.1 Å². The SMILES string of the molecule is CC(=O)N[C@H]1CO[C@@](O)(CO)[C@@H](O)[C@@H]1O. The maximum Gasteiger partial charge on any atom is 0.218 e. The number of carbonyl (C=O) groups is 1. The first-order chi connectivity index (χ1) is 6.90. The molecule has 1 saturated heterocycles. The Kier molecular flexibility index (Phi) is 3.63. The highest BCUT2D eigenvalue weighted by atomic mass is 16.7. The Balaban J connectivity index is 2.68. The second-order valence-electron chi connectivity index (χ2n) is 3.56. The van der Waals surface area contributed by atoms with E-state index < -0.39 is 30.6 Å². The van der Waals surface area contributed by atoms with Crippen LogP contribution in [0.15, 0.2) is 0 Å². The summed E-state index contributed by atoms with van der Waals surface area (Å²) in [5.74, 6) is -2.56. The molecule has 0 aromatic carbocycles. The summed E-state index contributed by atoms with van der Waals surface area (Å²) < 4.78 is 4.79. The quantitative estimate of drug-likeness (QED) is 0.337. The van der Waals surface area contributed by atoms with Gasteiger partial charge in [0.15, 0.2) is 0 Å². The van der Waals surface area contributed by atoms with Crippen molar-refractivity contribution in [2.24, 2.45) is 0 Å². The van der Waals surface area contributed by atoms with E-state index in [2.05, 4.69) is 5.32 Å². The lowest BCUT2D eigenvalue weighted by atomic mass is 9.95. The van der Waals surface area contributed by atoms with E-state index >= 15 is 0 Å². The Morgan fingerprint density at radius 1 is 1.60 bits per heavy atom. The van der Waals surface area contributed by atoms with Gasteiger partial charge >= 0.3 is 0 Å². The molecule has 1 rings (SSSR count). The van der Waals surface area contributed by atoms with Gasteiger partial charge in [-0.3, -0.25) is 4.79 Å². The van der Waals surface area contributed by atoms with Crippen LogP contribution in [0.4, 0.5) is 0 Å². The van der Waals surface area contributed by atoms with E-state index in [4.69, 9.17) is 9.84 Å². The summed E-state index contributed by atoms with van der Waals surface area (Å²) in [6.45, 7) is 0.235. The van der Waals surface area contributed by atoms with Gasteiger partial charge in [0.05, 0.1) is 19.3 Å². The van der Waals surface area contributed by atoms with Crippen LogP contribution in [-0.2, 0) is 9.53 Å². The molecule has 7 heteroatoms. The summed E-state index contributed by atoms with van der Waals surface area (Å²) in [5.41, 5.74) is 0. The molecule has 88 valence electrons. The lowest BCUT2D eigenvalue weighted by molar-refractivity contribution is -0.317. The van der Waals surface area contributed by atoms with Gasteiger partial charge in [0.2, 0.25) is 11.7 Å². The first-order valence-corrected chi connectivity index (χ1v) is 4.51. The minimum absolute atomic E-state index is 0.186. The summed E-state index contributed by atoms with van der Waals surface area (Å²) >= 11 is 0. The van der Waals surface area contributed by atoms with Crippen molar-refractivity contribution in [3.05, 3.63) is 0 Å². The zero-order valence-corrected chi connectivity index (χ0v) is 8.25. The maximum atomic E-state index is 10.7. The summed E-state index contributed by atoms with van der Waals surface area (Å²) in [6.07, 6.45) is -3.06. The fraction of sp³-hybridized carbons (Fsp3) is 0.875. The molecule has 1 aliphatic heterocycles. The van der Waals surface area contributed by atoms with Crippen molar-refractivity contribution in [2.75, 3.05) is 13.2 Å². The number of aliphatic hydroxyl groups is 4. The summed E-state index contributed by atoms with van der Waals surface area (Å²) in [6, 6.07) is -0.802. The number of carbonyl (C=O) groups excluding carboxylic acids is 1. The number of aliphatic hydroxyl groups excluding tert-OH is 3. The van der Waals surface area contributed by atoms with Gasteiger partial charge in [0.1, 0.15) is 12.2 Å². The minimum Gasteiger partial charge on any atom is -0.391 e. The number of rotatable bonds is 2. The number of nitrogens with one attached hydrogen (secondary N) is 1. The Hall–Kier alpha value is -0.730. The van der Waals surface area contributed by atoms with Crippen LogP contribution in [-0.4, -0.2) is 63.6 Å². The molecule has 0 radical (unpaired) electrons. The Labute approximate surface area is 86.3 Å². The predicted molar refractivity (Wildman–Crippen MR) is 47.6 cm³/mol. The van der Waals surface area contributed by atoms with Crippen LogP contribution < -0.4 is 5.32 Å². The van der Waals surface area contributed by atoms with Gasteiger partial charge < -0.3 is 30.5 Å². The van der Waals surface area contributed by atoms with Crippen molar-refractivity contribution in [3.8, 4) is 0 Å². The highest BCUT2D eigenvalue weighted by molar-refractivity contribution is 5.73. The zero-order valence-electron chi connectivity index (χ0n) is 8.25. The largest absolute Gasteiger partial charge is 0.391 e. The van der Waals surface area contributed by atoms with Crippen LogP contribution in [0.1, 0.15) is 6.92 Å². The van der Waals surface area contributed by atoms with Gasteiger partial charge in [0.25, 0.3) is 0 Å². The molecule has 1 fully saturated rings. The molecule has 1 amide bonds. The Morgan fingerprint density at radius 3 is 2.67 bits per heavy atom. The van der Waals surface area contributed by atoms with Crippen LogP contribution in [0.2, 0.25) is 0 Å². The van der Waals surface area contributed by atoms with Gasteiger partial charge in [-0.1, -0.05) is 0 Å².